The molecule has 2 rings (SSSR count). The topological polar surface area (TPSA) is 32.3 Å². The third-order valence-corrected chi connectivity index (χ3v) is 3.98. The van der Waals surface area contributed by atoms with Gasteiger partial charge in [-0.2, -0.15) is 0 Å². The number of hydrogen-bond acceptors (Lipinski definition) is 2. The molecule has 2 nitrogen and oxygen atoms in total. The van der Waals surface area contributed by atoms with E-state index in [1.54, 1.807) is 0 Å². The maximum absolute atomic E-state index is 9.80. The Labute approximate surface area is 129 Å². The minimum atomic E-state index is 0.395. The maximum Gasteiger partial charge on any atom is 0.121 e. The first-order valence-electron chi connectivity index (χ1n) is 6.82. The summed E-state index contributed by atoms with van der Waals surface area (Å²) in [6.45, 7) is 6.78. The quantitative estimate of drug-likeness (QED) is 0.829. The normalized spacial score (nSPS) is 10.6. The molecule has 0 aliphatic heterocycles. The SMILES string of the molecule is CCc1cc(Br)ccc1NCc1cc(C)c(O)c(C)c1. The molecule has 0 atom stereocenters. The Morgan fingerprint density at radius 2 is 1.75 bits per heavy atom. The summed E-state index contributed by atoms with van der Waals surface area (Å²) in [5, 5.41) is 13.3. The van der Waals surface area contributed by atoms with E-state index in [4.69, 9.17) is 0 Å². The van der Waals surface area contributed by atoms with Crippen LogP contribution >= 0.6 is 15.9 Å². The van der Waals surface area contributed by atoms with Gasteiger partial charge < -0.3 is 10.4 Å². The van der Waals surface area contributed by atoms with Gasteiger partial charge >= 0.3 is 0 Å². The van der Waals surface area contributed by atoms with Gasteiger partial charge in [-0.1, -0.05) is 35.0 Å². The van der Waals surface area contributed by atoms with Gasteiger partial charge in [-0.3, -0.25) is 0 Å². The average molecular weight is 334 g/mol. The molecule has 0 amide bonds. The molecule has 3 heteroatoms. The van der Waals surface area contributed by atoms with E-state index in [0.717, 1.165) is 28.6 Å². The van der Waals surface area contributed by atoms with Gasteiger partial charge in [0.05, 0.1) is 0 Å². The van der Waals surface area contributed by atoms with E-state index in [1.165, 1.54) is 16.8 Å². The maximum atomic E-state index is 9.80. The van der Waals surface area contributed by atoms with Crippen LogP contribution in [0.1, 0.15) is 29.2 Å². The number of anilines is 1. The third kappa shape index (κ3) is 3.34. The van der Waals surface area contributed by atoms with E-state index in [1.807, 2.05) is 26.0 Å². The number of aromatic hydroxyl groups is 1. The second-order valence-electron chi connectivity index (χ2n) is 5.09. The largest absolute Gasteiger partial charge is 0.507 e. The van der Waals surface area contributed by atoms with Gasteiger partial charge in [-0.25, -0.2) is 0 Å². The van der Waals surface area contributed by atoms with Gasteiger partial charge in [0.25, 0.3) is 0 Å². The lowest BCUT2D eigenvalue weighted by molar-refractivity contribution is 0.466. The molecule has 0 aliphatic carbocycles. The highest BCUT2D eigenvalue weighted by atomic mass is 79.9. The van der Waals surface area contributed by atoms with Crippen molar-refractivity contribution in [2.75, 3.05) is 5.32 Å². The Morgan fingerprint density at radius 3 is 2.35 bits per heavy atom. The summed E-state index contributed by atoms with van der Waals surface area (Å²) in [4.78, 5) is 0. The van der Waals surface area contributed by atoms with E-state index >= 15 is 0 Å². The zero-order valence-electron chi connectivity index (χ0n) is 12.1. The minimum absolute atomic E-state index is 0.395. The Bertz CT molecular complexity index is 599. The fourth-order valence-corrected chi connectivity index (χ4v) is 2.78. The predicted molar refractivity (Wildman–Crippen MR) is 88.4 cm³/mol. The van der Waals surface area contributed by atoms with Gasteiger partial charge in [0.2, 0.25) is 0 Å². The van der Waals surface area contributed by atoms with E-state index < -0.39 is 0 Å². The highest BCUT2D eigenvalue weighted by Gasteiger charge is 2.05. The summed E-state index contributed by atoms with van der Waals surface area (Å²) in [5.74, 6) is 0.395. The van der Waals surface area contributed by atoms with Crippen LogP contribution in [0.5, 0.6) is 5.75 Å². The van der Waals surface area contributed by atoms with E-state index in [9.17, 15) is 5.11 Å². The van der Waals surface area contributed by atoms with Crippen LogP contribution in [0.2, 0.25) is 0 Å². The molecule has 0 aliphatic rings. The Hall–Kier alpha value is -1.48. The van der Waals surface area contributed by atoms with Crippen molar-refractivity contribution in [2.45, 2.75) is 33.7 Å². The lowest BCUT2D eigenvalue weighted by Gasteiger charge is -2.13. The summed E-state index contributed by atoms with van der Waals surface area (Å²) in [6, 6.07) is 10.4. The van der Waals surface area contributed by atoms with Crippen molar-refractivity contribution in [2.24, 2.45) is 0 Å². The van der Waals surface area contributed by atoms with Crippen molar-refractivity contribution >= 4 is 21.6 Å². The number of phenolic OH excluding ortho intramolecular Hbond substituents is 1. The summed E-state index contributed by atoms with van der Waals surface area (Å²) >= 11 is 3.50. The van der Waals surface area contributed by atoms with Gasteiger partial charge in [0, 0.05) is 16.7 Å². The molecule has 0 saturated heterocycles. The van der Waals surface area contributed by atoms with E-state index in [-0.39, 0.29) is 0 Å². The second-order valence-corrected chi connectivity index (χ2v) is 6.00. The molecule has 0 bridgehead atoms. The van der Waals surface area contributed by atoms with Crippen LogP contribution < -0.4 is 5.32 Å². The molecule has 0 spiro atoms. The number of aryl methyl sites for hydroxylation is 3. The van der Waals surface area contributed by atoms with Crippen LogP contribution in [0.4, 0.5) is 5.69 Å². The van der Waals surface area contributed by atoms with Crippen molar-refractivity contribution in [1.29, 1.82) is 0 Å². The standard InChI is InChI=1S/C17H20BrNO/c1-4-14-9-15(18)5-6-16(14)19-10-13-7-11(2)17(20)12(3)8-13/h5-9,19-20H,4,10H2,1-3H3. The minimum Gasteiger partial charge on any atom is -0.507 e. The van der Waals surface area contributed by atoms with Crippen LogP contribution in [0, 0.1) is 13.8 Å². The average Bonchev–Trinajstić information content (AvgIpc) is 2.43. The molecule has 20 heavy (non-hydrogen) atoms. The molecule has 0 aromatic heterocycles. The van der Waals surface area contributed by atoms with Crippen LogP contribution in [-0.2, 0) is 13.0 Å². The Balaban J connectivity index is 2.17. The Kier molecular flexibility index (Phi) is 4.71. The number of rotatable bonds is 4. The summed E-state index contributed by atoms with van der Waals surface area (Å²) in [6.07, 6.45) is 0.995. The first kappa shape index (κ1) is 14.9. The molecule has 0 radical (unpaired) electrons. The summed E-state index contributed by atoms with van der Waals surface area (Å²) in [7, 11) is 0. The molecule has 0 saturated carbocycles. The monoisotopic (exact) mass is 333 g/mol. The van der Waals surface area contributed by atoms with Gasteiger partial charge in [0.15, 0.2) is 0 Å². The zero-order valence-corrected chi connectivity index (χ0v) is 13.7. The summed E-state index contributed by atoms with van der Waals surface area (Å²) < 4.78 is 1.11. The smallest absolute Gasteiger partial charge is 0.121 e. The first-order valence-corrected chi connectivity index (χ1v) is 7.62. The third-order valence-electron chi connectivity index (χ3n) is 3.48. The molecular formula is C17H20BrNO. The number of halogens is 1. The molecule has 0 fully saturated rings. The molecule has 0 unspecified atom stereocenters. The fraction of sp³-hybridized carbons (Fsp3) is 0.294. The number of benzene rings is 2. The van der Waals surface area contributed by atoms with Gasteiger partial charge in [-0.15, -0.1) is 0 Å². The number of hydrogen-bond donors (Lipinski definition) is 2. The predicted octanol–water partition coefficient (Wildman–Crippen LogP) is 4.95. The van der Waals surface area contributed by atoms with E-state index in [2.05, 4.69) is 46.4 Å². The highest BCUT2D eigenvalue weighted by molar-refractivity contribution is 9.10. The first-order chi connectivity index (χ1) is 9.51. The van der Waals surface area contributed by atoms with Crippen LogP contribution in [0.15, 0.2) is 34.8 Å². The van der Waals surface area contributed by atoms with Crippen molar-refractivity contribution in [3.05, 3.63) is 57.1 Å². The Morgan fingerprint density at radius 1 is 1.10 bits per heavy atom. The van der Waals surface area contributed by atoms with Crippen LogP contribution in [0.25, 0.3) is 0 Å². The van der Waals surface area contributed by atoms with Crippen LogP contribution in [0.3, 0.4) is 0 Å². The number of nitrogens with one attached hydrogen (secondary N) is 1. The fourth-order valence-electron chi connectivity index (χ4n) is 2.37. The van der Waals surface area contributed by atoms with Crippen molar-refractivity contribution in [3.8, 4) is 5.75 Å². The molecule has 0 heterocycles. The van der Waals surface area contributed by atoms with Gasteiger partial charge in [0.1, 0.15) is 5.75 Å². The molecule has 2 N–H and O–H groups in total. The lowest BCUT2D eigenvalue weighted by atomic mass is 10.1. The van der Waals surface area contributed by atoms with Crippen molar-refractivity contribution in [1.82, 2.24) is 0 Å². The second kappa shape index (κ2) is 6.31. The highest BCUT2D eigenvalue weighted by Crippen LogP contribution is 2.25. The van der Waals surface area contributed by atoms with Gasteiger partial charge in [-0.05, 0) is 60.7 Å². The van der Waals surface area contributed by atoms with Crippen molar-refractivity contribution in [3.63, 3.8) is 0 Å². The summed E-state index contributed by atoms with van der Waals surface area (Å²) in [5.41, 5.74) is 5.50. The van der Waals surface area contributed by atoms with Crippen molar-refractivity contribution < 1.29 is 5.11 Å². The number of phenols is 1. The molecule has 106 valence electrons. The lowest BCUT2D eigenvalue weighted by Crippen LogP contribution is -2.03. The van der Waals surface area contributed by atoms with Crippen LogP contribution in [-0.4, -0.2) is 5.11 Å². The zero-order chi connectivity index (χ0) is 14.7. The molecule has 2 aromatic rings. The molecule has 2 aromatic carbocycles. The molecular weight excluding hydrogens is 314 g/mol. The van der Waals surface area contributed by atoms with E-state index in [0.29, 0.717) is 5.75 Å².